The molecule has 0 aromatic heterocycles. The summed E-state index contributed by atoms with van der Waals surface area (Å²) in [6.45, 7) is 2.08. The van der Waals surface area contributed by atoms with Gasteiger partial charge in [-0.15, -0.1) is 0 Å². The number of ether oxygens (including phenoxy) is 3. The number of aliphatic imine (C=N–C) groups is 1. The topological polar surface area (TPSA) is 69.2 Å². The van der Waals surface area contributed by atoms with E-state index in [-0.39, 0.29) is 5.91 Å². The van der Waals surface area contributed by atoms with Crippen molar-refractivity contribution in [3.63, 3.8) is 0 Å². The van der Waals surface area contributed by atoms with Gasteiger partial charge in [-0.3, -0.25) is 4.79 Å². The van der Waals surface area contributed by atoms with Crippen LogP contribution in [-0.4, -0.2) is 33.1 Å². The molecule has 1 aliphatic rings. The second-order valence-electron chi connectivity index (χ2n) is 6.42. The molecule has 1 aliphatic heterocycles. The number of rotatable bonds is 7. The van der Waals surface area contributed by atoms with Crippen molar-refractivity contribution in [2.75, 3.05) is 21.3 Å². The maximum atomic E-state index is 12.4. The van der Waals surface area contributed by atoms with Crippen LogP contribution in [0.2, 0.25) is 0 Å². The van der Waals surface area contributed by atoms with Gasteiger partial charge in [-0.25, -0.2) is 4.99 Å². The Bertz CT molecular complexity index is 948. The van der Waals surface area contributed by atoms with Gasteiger partial charge >= 0.3 is 0 Å². The molecule has 146 valence electrons. The summed E-state index contributed by atoms with van der Waals surface area (Å²) >= 11 is 0. The Labute approximate surface area is 164 Å². The maximum absolute atomic E-state index is 12.4. The minimum absolute atomic E-state index is 0.225. The van der Waals surface area contributed by atoms with E-state index in [0.717, 1.165) is 6.42 Å². The van der Waals surface area contributed by atoms with Crippen LogP contribution in [0, 0.1) is 6.92 Å². The normalized spacial score (nSPS) is 14.6. The molecule has 0 atom stereocenters. The fourth-order valence-electron chi connectivity index (χ4n) is 3.09. The Kier molecular flexibility index (Phi) is 5.99. The van der Waals surface area contributed by atoms with Gasteiger partial charge in [-0.05, 0) is 36.6 Å². The van der Waals surface area contributed by atoms with Crippen LogP contribution in [0.5, 0.6) is 17.2 Å². The molecule has 6 heteroatoms. The third kappa shape index (κ3) is 4.17. The van der Waals surface area contributed by atoms with Crippen LogP contribution in [0.15, 0.2) is 47.1 Å². The van der Waals surface area contributed by atoms with Gasteiger partial charge in [-0.1, -0.05) is 24.3 Å². The standard InChI is InChI=1S/C22H24N2O4/c1-14-7-5-6-8-15(14)9-10-21-23-17(22(25)24-21)11-16-12-19(27-3)20(28-4)13-18(16)26-2/h5-8,11-13H,9-10H2,1-4H3,(H,23,24,25)/b17-11-. The van der Waals surface area contributed by atoms with Crippen molar-refractivity contribution in [1.29, 1.82) is 0 Å². The summed E-state index contributed by atoms with van der Waals surface area (Å²) in [5.74, 6) is 2.12. The first-order valence-corrected chi connectivity index (χ1v) is 9.00. The van der Waals surface area contributed by atoms with E-state index in [1.165, 1.54) is 11.1 Å². The fraction of sp³-hybridized carbons (Fsp3) is 0.273. The zero-order chi connectivity index (χ0) is 20.1. The number of hydrogen-bond acceptors (Lipinski definition) is 5. The van der Waals surface area contributed by atoms with Crippen LogP contribution < -0.4 is 19.5 Å². The van der Waals surface area contributed by atoms with Gasteiger partial charge in [0.25, 0.3) is 5.91 Å². The van der Waals surface area contributed by atoms with E-state index in [1.807, 2.05) is 12.1 Å². The van der Waals surface area contributed by atoms with E-state index in [9.17, 15) is 4.79 Å². The van der Waals surface area contributed by atoms with Crippen molar-refractivity contribution in [1.82, 2.24) is 5.32 Å². The Hall–Kier alpha value is -3.28. The molecule has 1 N–H and O–H groups in total. The van der Waals surface area contributed by atoms with Crippen molar-refractivity contribution in [3.8, 4) is 17.2 Å². The van der Waals surface area contributed by atoms with Gasteiger partial charge in [0.15, 0.2) is 11.5 Å². The number of carbonyl (C=O) groups is 1. The van der Waals surface area contributed by atoms with Gasteiger partial charge in [0.1, 0.15) is 17.3 Å². The number of carbonyl (C=O) groups excluding carboxylic acids is 1. The van der Waals surface area contributed by atoms with E-state index in [0.29, 0.717) is 40.8 Å². The predicted octanol–water partition coefficient (Wildman–Crippen LogP) is 3.52. The molecule has 6 nitrogen and oxygen atoms in total. The highest BCUT2D eigenvalue weighted by Gasteiger charge is 2.21. The van der Waals surface area contributed by atoms with Gasteiger partial charge in [-0.2, -0.15) is 0 Å². The first-order chi connectivity index (χ1) is 13.5. The Morgan fingerprint density at radius 2 is 1.64 bits per heavy atom. The van der Waals surface area contributed by atoms with Crippen molar-refractivity contribution >= 4 is 17.8 Å². The molecule has 2 aromatic carbocycles. The number of amidine groups is 1. The summed E-state index contributed by atoms with van der Waals surface area (Å²) in [5, 5.41) is 2.85. The van der Waals surface area contributed by atoms with Crippen molar-refractivity contribution < 1.29 is 19.0 Å². The highest BCUT2D eigenvalue weighted by Crippen LogP contribution is 2.36. The number of amides is 1. The van der Waals surface area contributed by atoms with Crippen LogP contribution in [0.1, 0.15) is 23.1 Å². The summed E-state index contributed by atoms with van der Waals surface area (Å²) in [7, 11) is 4.69. The molecule has 1 amide bonds. The van der Waals surface area contributed by atoms with Crippen molar-refractivity contribution in [3.05, 3.63) is 58.8 Å². The molecule has 0 spiro atoms. The number of nitrogens with one attached hydrogen (secondary N) is 1. The lowest BCUT2D eigenvalue weighted by atomic mass is 10.0. The van der Waals surface area contributed by atoms with Crippen LogP contribution in [0.25, 0.3) is 6.08 Å². The summed E-state index contributed by atoms with van der Waals surface area (Å²) < 4.78 is 16.1. The summed E-state index contributed by atoms with van der Waals surface area (Å²) in [5.41, 5.74) is 3.51. The molecule has 2 aromatic rings. The van der Waals surface area contributed by atoms with Gasteiger partial charge in [0.2, 0.25) is 0 Å². The maximum Gasteiger partial charge on any atom is 0.275 e. The van der Waals surface area contributed by atoms with Crippen molar-refractivity contribution in [2.24, 2.45) is 4.99 Å². The highest BCUT2D eigenvalue weighted by molar-refractivity contribution is 6.14. The van der Waals surface area contributed by atoms with Crippen LogP contribution in [0.4, 0.5) is 0 Å². The van der Waals surface area contributed by atoms with Crippen LogP contribution in [0.3, 0.4) is 0 Å². The zero-order valence-corrected chi connectivity index (χ0v) is 16.5. The van der Waals surface area contributed by atoms with E-state index in [2.05, 4.69) is 29.4 Å². The SMILES string of the molecule is COc1cc(OC)c(OC)cc1/C=C1\N=C(CCc2ccccc2C)NC1=O. The molecule has 28 heavy (non-hydrogen) atoms. The molecule has 0 saturated heterocycles. The third-order valence-corrected chi connectivity index (χ3v) is 4.67. The number of nitrogens with zero attached hydrogens (tertiary/aromatic N) is 1. The minimum atomic E-state index is -0.225. The number of methoxy groups -OCH3 is 3. The monoisotopic (exact) mass is 380 g/mol. The van der Waals surface area contributed by atoms with Gasteiger partial charge in [0.05, 0.1) is 21.3 Å². The van der Waals surface area contributed by atoms with Crippen LogP contribution in [-0.2, 0) is 11.2 Å². The lowest BCUT2D eigenvalue weighted by Crippen LogP contribution is -2.24. The average Bonchev–Trinajstić information content (AvgIpc) is 3.06. The van der Waals surface area contributed by atoms with Gasteiger partial charge in [0, 0.05) is 18.1 Å². The minimum Gasteiger partial charge on any atom is -0.496 e. The molecule has 0 saturated carbocycles. The summed E-state index contributed by atoms with van der Waals surface area (Å²) in [4.78, 5) is 16.8. The molecule has 0 fully saturated rings. The van der Waals surface area contributed by atoms with Gasteiger partial charge < -0.3 is 19.5 Å². The first kappa shape index (κ1) is 19.5. The zero-order valence-electron chi connectivity index (χ0n) is 16.5. The van der Waals surface area contributed by atoms with E-state index < -0.39 is 0 Å². The number of hydrogen-bond donors (Lipinski definition) is 1. The molecule has 0 aliphatic carbocycles. The first-order valence-electron chi connectivity index (χ1n) is 9.00. The average molecular weight is 380 g/mol. The molecule has 1 heterocycles. The third-order valence-electron chi connectivity index (χ3n) is 4.67. The second-order valence-corrected chi connectivity index (χ2v) is 6.42. The van der Waals surface area contributed by atoms with Crippen molar-refractivity contribution in [2.45, 2.75) is 19.8 Å². The Morgan fingerprint density at radius 1 is 0.964 bits per heavy atom. The van der Waals surface area contributed by atoms with E-state index in [1.54, 1.807) is 39.5 Å². The van der Waals surface area contributed by atoms with E-state index in [4.69, 9.17) is 14.2 Å². The summed E-state index contributed by atoms with van der Waals surface area (Å²) in [6.07, 6.45) is 3.17. The van der Waals surface area contributed by atoms with E-state index >= 15 is 0 Å². The second kappa shape index (κ2) is 8.61. The molecule has 0 bridgehead atoms. The lowest BCUT2D eigenvalue weighted by molar-refractivity contribution is -0.115. The quantitative estimate of drug-likeness (QED) is 0.746. The highest BCUT2D eigenvalue weighted by atomic mass is 16.5. The molecular weight excluding hydrogens is 356 g/mol. The molecular formula is C22H24N2O4. The number of benzene rings is 2. The Balaban J connectivity index is 1.84. The fourth-order valence-corrected chi connectivity index (χ4v) is 3.09. The summed E-state index contributed by atoms with van der Waals surface area (Å²) in [6, 6.07) is 11.7. The smallest absolute Gasteiger partial charge is 0.275 e. The Morgan fingerprint density at radius 3 is 2.32 bits per heavy atom. The van der Waals surface area contributed by atoms with Crippen LogP contribution >= 0.6 is 0 Å². The number of aryl methyl sites for hydroxylation is 2. The predicted molar refractivity (Wildman–Crippen MR) is 109 cm³/mol. The molecule has 0 unspecified atom stereocenters. The largest absolute Gasteiger partial charge is 0.496 e. The lowest BCUT2D eigenvalue weighted by Gasteiger charge is -2.12. The molecule has 0 radical (unpaired) electrons. The molecule has 3 rings (SSSR count).